The highest BCUT2D eigenvalue weighted by Gasteiger charge is 2.29. The largest absolute Gasteiger partial charge is 0.360 e. The lowest BCUT2D eigenvalue weighted by atomic mass is 10.0. The Morgan fingerprint density at radius 3 is 2.71 bits per heavy atom. The summed E-state index contributed by atoms with van der Waals surface area (Å²) in [7, 11) is 0. The Balaban J connectivity index is 0.00000208. The lowest BCUT2D eigenvalue weighted by Crippen LogP contribution is -2.47. The molecule has 24 heavy (non-hydrogen) atoms. The Hall–Kier alpha value is -1.79. The molecule has 0 bridgehead atoms. The number of halogens is 1. The minimum absolute atomic E-state index is 0. The van der Waals surface area contributed by atoms with Crippen molar-refractivity contribution in [2.45, 2.75) is 46.1 Å². The van der Waals surface area contributed by atoms with Gasteiger partial charge in [-0.1, -0.05) is 5.16 Å². The fraction of sp³-hybridized carbons (Fsp3) is 0.529. The molecule has 1 amide bonds. The van der Waals surface area contributed by atoms with Crippen molar-refractivity contribution in [1.82, 2.24) is 14.6 Å². The van der Waals surface area contributed by atoms with Gasteiger partial charge in [0.2, 0.25) is 0 Å². The highest BCUT2D eigenvalue weighted by atomic mass is 35.5. The standard InChI is InChI=1S/C17H24N4O2.ClH/c1-11-8-15(13(3)21(11)16-9-12(2)23-19-16)17(22)20-7-5-4-6-14(20)10-18;/h8-9,14H,4-7,10,18H2,1-3H3;1H. The van der Waals surface area contributed by atoms with Crippen molar-refractivity contribution in [1.29, 1.82) is 0 Å². The van der Waals surface area contributed by atoms with Crippen molar-refractivity contribution >= 4 is 18.3 Å². The minimum atomic E-state index is 0. The summed E-state index contributed by atoms with van der Waals surface area (Å²) < 4.78 is 7.13. The number of aromatic nitrogens is 2. The Morgan fingerprint density at radius 1 is 1.33 bits per heavy atom. The third-order valence-corrected chi connectivity index (χ3v) is 4.67. The van der Waals surface area contributed by atoms with E-state index in [0.717, 1.165) is 48.5 Å². The van der Waals surface area contributed by atoms with Gasteiger partial charge in [0.25, 0.3) is 5.91 Å². The molecule has 0 aliphatic carbocycles. The van der Waals surface area contributed by atoms with Crippen LogP contribution in [0.5, 0.6) is 0 Å². The number of hydrogen-bond acceptors (Lipinski definition) is 4. The van der Waals surface area contributed by atoms with E-state index in [1.165, 1.54) is 0 Å². The second-order valence-electron chi connectivity index (χ2n) is 6.30. The van der Waals surface area contributed by atoms with E-state index in [1.54, 1.807) is 0 Å². The molecule has 0 radical (unpaired) electrons. The van der Waals surface area contributed by atoms with Crippen LogP contribution in [0.2, 0.25) is 0 Å². The van der Waals surface area contributed by atoms with Crippen LogP contribution in [0.3, 0.4) is 0 Å². The number of hydrogen-bond donors (Lipinski definition) is 1. The molecular weight excluding hydrogens is 328 g/mol. The van der Waals surface area contributed by atoms with Gasteiger partial charge in [-0.25, -0.2) is 0 Å². The van der Waals surface area contributed by atoms with Crippen LogP contribution in [0.1, 0.15) is 46.8 Å². The zero-order chi connectivity index (χ0) is 16.6. The molecule has 1 atom stereocenters. The van der Waals surface area contributed by atoms with E-state index in [4.69, 9.17) is 10.3 Å². The Bertz CT molecular complexity index is 722. The molecular formula is C17H25ClN4O2. The molecule has 132 valence electrons. The summed E-state index contributed by atoms with van der Waals surface area (Å²) in [5.74, 6) is 1.53. The third kappa shape index (κ3) is 3.21. The number of likely N-dealkylation sites (tertiary alicyclic amines) is 1. The first-order valence-electron chi connectivity index (χ1n) is 8.16. The van der Waals surface area contributed by atoms with Crippen LogP contribution in [0.4, 0.5) is 0 Å². The van der Waals surface area contributed by atoms with E-state index in [0.29, 0.717) is 12.4 Å². The maximum atomic E-state index is 13.0. The van der Waals surface area contributed by atoms with Crippen LogP contribution < -0.4 is 5.73 Å². The molecule has 1 fully saturated rings. The Labute approximate surface area is 148 Å². The van der Waals surface area contributed by atoms with Gasteiger partial charge >= 0.3 is 0 Å². The smallest absolute Gasteiger partial charge is 0.255 e. The van der Waals surface area contributed by atoms with Crippen molar-refractivity contribution in [3.05, 3.63) is 34.8 Å². The van der Waals surface area contributed by atoms with Gasteiger partial charge in [-0.05, 0) is 46.1 Å². The first-order chi connectivity index (χ1) is 11.0. The highest BCUT2D eigenvalue weighted by molar-refractivity contribution is 5.96. The number of piperidine rings is 1. The molecule has 2 aromatic rings. The molecule has 1 aliphatic rings. The maximum absolute atomic E-state index is 13.0. The number of aryl methyl sites for hydroxylation is 2. The quantitative estimate of drug-likeness (QED) is 0.921. The summed E-state index contributed by atoms with van der Waals surface area (Å²) >= 11 is 0. The second kappa shape index (κ2) is 7.40. The summed E-state index contributed by atoms with van der Waals surface area (Å²) in [5.41, 5.74) is 8.44. The molecule has 6 nitrogen and oxygen atoms in total. The second-order valence-corrected chi connectivity index (χ2v) is 6.30. The van der Waals surface area contributed by atoms with Gasteiger partial charge in [0.05, 0.1) is 5.56 Å². The number of carbonyl (C=O) groups excluding carboxylic acids is 1. The minimum Gasteiger partial charge on any atom is -0.360 e. The molecule has 1 unspecified atom stereocenters. The van der Waals surface area contributed by atoms with Gasteiger partial charge in [-0.15, -0.1) is 12.4 Å². The zero-order valence-corrected chi connectivity index (χ0v) is 15.2. The highest BCUT2D eigenvalue weighted by Crippen LogP contribution is 2.25. The number of nitrogens with zero attached hydrogens (tertiary/aromatic N) is 3. The van der Waals surface area contributed by atoms with Crippen molar-refractivity contribution < 1.29 is 9.32 Å². The molecule has 3 heterocycles. The molecule has 2 aromatic heterocycles. The van der Waals surface area contributed by atoms with E-state index in [2.05, 4.69) is 5.16 Å². The predicted molar refractivity (Wildman–Crippen MR) is 95.0 cm³/mol. The summed E-state index contributed by atoms with van der Waals surface area (Å²) in [6.45, 7) is 7.09. The van der Waals surface area contributed by atoms with E-state index in [1.807, 2.05) is 42.4 Å². The number of nitrogens with two attached hydrogens (primary N) is 1. The molecule has 0 aromatic carbocycles. The molecule has 1 saturated heterocycles. The van der Waals surface area contributed by atoms with Gasteiger partial charge in [-0.2, -0.15) is 0 Å². The number of carbonyl (C=O) groups is 1. The molecule has 1 aliphatic heterocycles. The topological polar surface area (TPSA) is 77.3 Å². The molecule has 0 spiro atoms. The van der Waals surface area contributed by atoms with Gasteiger partial charge < -0.3 is 15.2 Å². The monoisotopic (exact) mass is 352 g/mol. The normalized spacial score (nSPS) is 17.7. The van der Waals surface area contributed by atoms with Crippen molar-refractivity contribution in [3.63, 3.8) is 0 Å². The van der Waals surface area contributed by atoms with Gasteiger partial charge in [0.15, 0.2) is 5.82 Å². The van der Waals surface area contributed by atoms with Gasteiger partial charge in [0, 0.05) is 36.6 Å². The third-order valence-electron chi connectivity index (χ3n) is 4.67. The van der Waals surface area contributed by atoms with Crippen LogP contribution in [-0.2, 0) is 0 Å². The van der Waals surface area contributed by atoms with E-state index in [9.17, 15) is 4.79 Å². The average Bonchev–Trinajstić information content (AvgIpc) is 3.09. The summed E-state index contributed by atoms with van der Waals surface area (Å²) in [6.07, 6.45) is 3.18. The fourth-order valence-corrected chi connectivity index (χ4v) is 3.46. The van der Waals surface area contributed by atoms with Gasteiger partial charge in [0.1, 0.15) is 5.76 Å². The van der Waals surface area contributed by atoms with Crippen LogP contribution in [0.25, 0.3) is 5.82 Å². The first kappa shape index (κ1) is 18.5. The summed E-state index contributed by atoms with van der Waals surface area (Å²) in [6, 6.07) is 3.95. The SMILES string of the molecule is Cc1cc(-n2c(C)cc(C(=O)N3CCCCC3CN)c2C)no1.Cl. The van der Waals surface area contributed by atoms with Crippen molar-refractivity contribution in [3.8, 4) is 5.82 Å². The number of amides is 1. The summed E-state index contributed by atoms with van der Waals surface area (Å²) in [4.78, 5) is 14.9. The number of rotatable bonds is 3. The van der Waals surface area contributed by atoms with E-state index < -0.39 is 0 Å². The molecule has 2 N–H and O–H groups in total. The van der Waals surface area contributed by atoms with E-state index >= 15 is 0 Å². The van der Waals surface area contributed by atoms with Crippen LogP contribution in [0.15, 0.2) is 16.7 Å². The van der Waals surface area contributed by atoms with Gasteiger partial charge in [-0.3, -0.25) is 9.36 Å². The van der Waals surface area contributed by atoms with Crippen molar-refractivity contribution in [2.24, 2.45) is 5.73 Å². The van der Waals surface area contributed by atoms with Crippen LogP contribution in [0, 0.1) is 20.8 Å². The van der Waals surface area contributed by atoms with E-state index in [-0.39, 0.29) is 24.4 Å². The van der Waals surface area contributed by atoms with Crippen LogP contribution >= 0.6 is 12.4 Å². The average molecular weight is 353 g/mol. The lowest BCUT2D eigenvalue weighted by molar-refractivity contribution is 0.0622. The summed E-state index contributed by atoms with van der Waals surface area (Å²) in [5, 5.41) is 4.07. The lowest BCUT2D eigenvalue weighted by Gasteiger charge is -2.35. The Kier molecular flexibility index (Phi) is 5.72. The van der Waals surface area contributed by atoms with Crippen LogP contribution in [-0.4, -0.2) is 39.7 Å². The van der Waals surface area contributed by atoms with Crippen molar-refractivity contribution in [2.75, 3.05) is 13.1 Å². The molecule has 3 rings (SSSR count). The molecule has 0 saturated carbocycles. The Morgan fingerprint density at radius 2 is 2.08 bits per heavy atom. The first-order valence-corrected chi connectivity index (χ1v) is 8.16. The molecule has 7 heteroatoms. The zero-order valence-electron chi connectivity index (χ0n) is 14.4. The fourth-order valence-electron chi connectivity index (χ4n) is 3.46. The maximum Gasteiger partial charge on any atom is 0.255 e. The predicted octanol–water partition coefficient (Wildman–Crippen LogP) is 2.77.